The number of unbranched alkanes of at least 4 members (excludes halogenated alkanes) is 2. The lowest BCUT2D eigenvalue weighted by Gasteiger charge is -2.31. The summed E-state index contributed by atoms with van der Waals surface area (Å²) in [7, 11) is 0. The van der Waals surface area contributed by atoms with E-state index in [0.717, 1.165) is 44.6 Å². The largest absolute Gasteiger partial charge is 0.512 e. The number of carbonyl (C=O) groups is 1. The van der Waals surface area contributed by atoms with Crippen molar-refractivity contribution in [2.24, 2.45) is 0 Å². The summed E-state index contributed by atoms with van der Waals surface area (Å²) in [6.07, 6.45) is 7.07. The summed E-state index contributed by atoms with van der Waals surface area (Å²) < 4.78 is 5.52. The van der Waals surface area contributed by atoms with Gasteiger partial charge in [0.05, 0.1) is 11.8 Å². The van der Waals surface area contributed by atoms with Crippen molar-refractivity contribution in [3.8, 4) is 0 Å². The second-order valence-corrected chi connectivity index (χ2v) is 4.55. The normalized spacial score (nSPS) is 12.6. The molecule has 0 atom stereocenters. The average Bonchev–Trinajstić information content (AvgIpc) is 2.27. The van der Waals surface area contributed by atoms with E-state index in [2.05, 4.69) is 6.92 Å². The third-order valence-electron chi connectivity index (χ3n) is 3.17. The molecule has 3 nitrogen and oxygen atoms in total. The van der Waals surface area contributed by atoms with E-state index in [9.17, 15) is 4.79 Å². The average molecular weight is 242 g/mol. The van der Waals surface area contributed by atoms with Crippen LogP contribution in [0.15, 0.2) is 11.8 Å². The fourth-order valence-electron chi connectivity index (χ4n) is 1.91. The minimum absolute atomic E-state index is 0.00957. The van der Waals surface area contributed by atoms with Gasteiger partial charge in [0.2, 0.25) is 0 Å². The molecule has 1 N–H and O–H groups in total. The summed E-state index contributed by atoms with van der Waals surface area (Å²) in [6, 6.07) is 0. The first kappa shape index (κ1) is 16.0. The summed E-state index contributed by atoms with van der Waals surface area (Å²) in [4.78, 5) is 11.6. The highest BCUT2D eigenvalue weighted by Gasteiger charge is 2.29. The van der Waals surface area contributed by atoms with Crippen LogP contribution in [-0.2, 0) is 9.53 Å². The Hall–Kier alpha value is -0.990. The van der Waals surface area contributed by atoms with E-state index >= 15 is 0 Å². The van der Waals surface area contributed by atoms with Gasteiger partial charge in [-0.3, -0.25) is 0 Å². The first-order valence-electron chi connectivity index (χ1n) is 6.60. The quantitative estimate of drug-likeness (QED) is 0.301. The maximum atomic E-state index is 11.6. The van der Waals surface area contributed by atoms with E-state index in [0.29, 0.717) is 0 Å². The molecule has 0 aromatic rings. The Labute approximate surface area is 105 Å². The number of hydrogen-bond donors (Lipinski definition) is 1. The number of allylic oxidation sites excluding steroid dienone is 1. The molecule has 0 amide bonds. The third-order valence-corrected chi connectivity index (χ3v) is 3.17. The van der Waals surface area contributed by atoms with E-state index in [1.807, 2.05) is 13.8 Å². The molecule has 100 valence electrons. The van der Waals surface area contributed by atoms with Gasteiger partial charge in [0.1, 0.15) is 5.60 Å². The number of aliphatic hydroxyl groups excluding tert-OH is 1. The lowest BCUT2D eigenvalue weighted by molar-refractivity contribution is -0.155. The van der Waals surface area contributed by atoms with Crippen LogP contribution in [0.1, 0.15) is 66.2 Å². The van der Waals surface area contributed by atoms with E-state index in [1.165, 1.54) is 6.92 Å². The molecule has 0 aliphatic heterocycles. The molecule has 0 saturated heterocycles. The van der Waals surface area contributed by atoms with Crippen LogP contribution in [0.5, 0.6) is 0 Å². The van der Waals surface area contributed by atoms with E-state index < -0.39 is 5.97 Å². The van der Waals surface area contributed by atoms with E-state index in [4.69, 9.17) is 9.84 Å². The lowest BCUT2D eigenvalue weighted by atomic mass is 9.90. The van der Waals surface area contributed by atoms with Gasteiger partial charge < -0.3 is 9.84 Å². The molecule has 0 heterocycles. The molecule has 0 aromatic carbocycles. The Bertz CT molecular complexity index is 248. The van der Waals surface area contributed by atoms with Gasteiger partial charge in [-0.05, 0) is 32.6 Å². The molecule has 0 unspecified atom stereocenters. The van der Waals surface area contributed by atoms with Crippen molar-refractivity contribution < 1.29 is 14.6 Å². The standard InChI is InChI=1S/C14H26O3/c1-5-8-9-10-14(6-2,7-3)17-13(16)11-12(4)15/h11,15H,5-10H2,1-4H3. The van der Waals surface area contributed by atoms with E-state index in [-0.39, 0.29) is 11.4 Å². The Morgan fingerprint density at radius 1 is 1.24 bits per heavy atom. The summed E-state index contributed by atoms with van der Waals surface area (Å²) in [5, 5.41) is 9.04. The summed E-state index contributed by atoms with van der Waals surface area (Å²) in [6.45, 7) is 7.71. The molecule has 0 radical (unpaired) electrons. The van der Waals surface area contributed by atoms with Gasteiger partial charge in [-0.1, -0.05) is 33.6 Å². The number of rotatable bonds is 8. The Morgan fingerprint density at radius 3 is 2.24 bits per heavy atom. The predicted molar refractivity (Wildman–Crippen MR) is 69.9 cm³/mol. The van der Waals surface area contributed by atoms with Gasteiger partial charge in [-0.25, -0.2) is 4.79 Å². The Morgan fingerprint density at radius 2 is 1.82 bits per heavy atom. The van der Waals surface area contributed by atoms with Gasteiger partial charge in [-0.2, -0.15) is 0 Å². The number of carbonyl (C=O) groups excluding carboxylic acids is 1. The molecule has 0 fully saturated rings. The van der Waals surface area contributed by atoms with Gasteiger partial charge >= 0.3 is 5.97 Å². The number of esters is 1. The lowest BCUT2D eigenvalue weighted by Crippen LogP contribution is -2.33. The van der Waals surface area contributed by atoms with Crippen LogP contribution in [0.2, 0.25) is 0 Å². The molecular weight excluding hydrogens is 216 g/mol. The molecule has 3 heteroatoms. The van der Waals surface area contributed by atoms with Gasteiger partial charge in [-0.15, -0.1) is 0 Å². The zero-order valence-electron chi connectivity index (χ0n) is 11.6. The highest BCUT2D eigenvalue weighted by Crippen LogP contribution is 2.27. The molecule has 0 aliphatic carbocycles. The number of aliphatic hydroxyl groups is 1. The first-order valence-corrected chi connectivity index (χ1v) is 6.60. The van der Waals surface area contributed by atoms with Gasteiger partial charge in [0, 0.05) is 0 Å². The number of ether oxygens (including phenoxy) is 1. The van der Waals surface area contributed by atoms with Crippen LogP contribution in [0, 0.1) is 0 Å². The molecule has 17 heavy (non-hydrogen) atoms. The second-order valence-electron chi connectivity index (χ2n) is 4.55. The van der Waals surface area contributed by atoms with Crippen LogP contribution >= 0.6 is 0 Å². The fourth-order valence-corrected chi connectivity index (χ4v) is 1.91. The summed E-state index contributed by atoms with van der Waals surface area (Å²) in [5.41, 5.74) is -0.363. The molecule has 0 spiro atoms. The van der Waals surface area contributed by atoms with Crippen molar-refractivity contribution >= 4 is 5.97 Å². The zero-order valence-corrected chi connectivity index (χ0v) is 11.6. The topological polar surface area (TPSA) is 46.5 Å². The minimum atomic E-state index is -0.440. The van der Waals surface area contributed by atoms with Crippen LogP contribution < -0.4 is 0 Å². The monoisotopic (exact) mass is 242 g/mol. The van der Waals surface area contributed by atoms with Crippen molar-refractivity contribution in [2.75, 3.05) is 0 Å². The highest BCUT2D eigenvalue weighted by molar-refractivity contribution is 5.82. The van der Waals surface area contributed by atoms with Crippen molar-refractivity contribution in [2.45, 2.75) is 71.8 Å². The minimum Gasteiger partial charge on any atom is -0.512 e. The van der Waals surface area contributed by atoms with Crippen LogP contribution in [0.4, 0.5) is 0 Å². The predicted octanol–water partition coefficient (Wildman–Crippen LogP) is 4.13. The first-order chi connectivity index (χ1) is 7.99. The smallest absolute Gasteiger partial charge is 0.334 e. The molecule has 0 bridgehead atoms. The van der Waals surface area contributed by atoms with Gasteiger partial charge in [0.15, 0.2) is 0 Å². The molecule has 0 aromatic heterocycles. The Balaban J connectivity index is 4.48. The summed E-state index contributed by atoms with van der Waals surface area (Å²) >= 11 is 0. The Kier molecular flexibility index (Phi) is 7.68. The molecule has 0 rings (SSSR count). The summed E-state index contributed by atoms with van der Waals surface area (Å²) in [5.74, 6) is -0.449. The maximum Gasteiger partial charge on any atom is 0.334 e. The van der Waals surface area contributed by atoms with Crippen LogP contribution in [-0.4, -0.2) is 16.7 Å². The maximum absolute atomic E-state index is 11.6. The highest BCUT2D eigenvalue weighted by atomic mass is 16.6. The van der Waals surface area contributed by atoms with E-state index in [1.54, 1.807) is 0 Å². The second kappa shape index (κ2) is 8.15. The molecule has 0 aliphatic rings. The van der Waals surface area contributed by atoms with Crippen molar-refractivity contribution in [1.29, 1.82) is 0 Å². The van der Waals surface area contributed by atoms with Crippen LogP contribution in [0.25, 0.3) is 0 Å². The number of hydrogen-bond acceptors (Lipinski definition) is 3. The van der Waals surface area contributed by atoms with Gasteiger partial charge in [0.25, 0.3) is 0 Å². The zero-order chi connectivity index (χ0) is 13.3. The van der Waals surface area contributed by atoms with Crippen molar-refractivity contribution in [1.82, 2.24) is 0 Å². The van der Waals surface area contributed by atoms with Crippen LogP contribution in [0.3, 0.4) is 0 Å². The molecule has 0 saturated carbocycles. The molecular formula is C14H26O3. The van der Waals surface area contributed by atoms with Crippen molar-refractivity contribution in [3.05, 3.63) is 11.8 Å². The SMILES string of the molecule is CCCCCC(CC)(CC)OC(=O)C=C(C)O. The third kappa shape index (κ3) is 6.35. The van der Waals surface area contributed by atoms with Crippen molar-refractivity contribution in [3.63, 3.8) is 0 Å². The fraction of sp³-hybridized carbons (Fsp3) is 0.786.